The second kappa shape index (κ2) is 9.05. The van der Waals surface area contributed by atoms with Crippen LogP contribution in [0.15, 0.2) is 43.0 Å². The summed E-state index contributed by atoms with van der Waals surface area (Å²) < 4.78 is 1.87. The van der Waals surface area contributed by atoms with Crippen LogP contribution in [0.2, 0.25) is 0 Å². The largest absolute Gasteiger partial charge is 0.343 e. The van der Waals surface area contributed by atoms with Gasteiger partial charge in [0.05, 0.1) is 24.1 Å². The summed E-state index contributed by atoms with van der Waals surface area (Å²) in [5.41, 5.74) is 5.45. The van der Waals surface area contributed by atoms with Crippen molar-refractivity contribution in [3.63, 3.8) is 0 Å². The van der Waals surface area contributed by atoms with E-state index in [1.54, 1.807) is 24.8 Å². The highest BCUT2D eigenvalue weighted by atomic mass is 32.1. The van der Waals surface area contributed by atoms with Crippen molar-refractivity contribution in [2.45, 2.75) is 26.4 Å². The SMILES string of the molecule is Cc1cc(CN(C)C)cc(Nc2ncc(C(C)NC(=O)c3cc4c(cn3)ncn4C)s2)c1. The number of amides is 1. The Hall–Kier alpha value is -3.30. The zero-order valence-electron chi connectivity index (χ0n) is 18.9. The number of aromatic nitrogens is 4. The molecule has 0 bridgehead atoms. The lowest BCUT2D eigenvalue weighted by Crippen LogP contribution is -2.26. The highest BCUT2D eigenvalue weighted by Crippen LogP contribution is 2.28. The number of hydrogen-bond acceptors (Lipinski definition) is 7. The third kappa shape index (κ3) is 4.95. The molecule has 3 aromatic heterocycles. The summed E-state index contributed by atoms with van der Waals surface area (Å²) in [4.78, 5) is 28.8. The third-order valence-electron chi connectivity index (χ3n) is 5.03. The first-order valence-corrected chi connectivity index (χ1v) is 11.2. The van der Waals surface area contributed by atoms with Gasteiger partial charge in [0.25, 0.3) is 5.91 Å². The molecule has 0 aliphatic rings. The second-order valence-corrected chi connectivity index (χ2v) is 9.31. The number of nitrogens with zero attached hydrogens (tertiary/aromatic N) is 5. The number of fused-ring (bicyclic) bond motifs is 1. The standard InChI is InChI=1S/C23H27N7OS/c1-14-6-16(12-29(3)4)8-17(7-14)28-23-25-11-21(32-23)15(2)27-22(31)18-9-20-19(10-24-18)26-13-30(20)5/h6-11,13,15H,12H2,1-5H3,(H,25,28)(H,27,31). The fourth-order valence-corrected chi connectivity index (χ4v) is 4.39. The van der Waals surface area contributed by atoms with E-state index in [4.69, 9.17) is 0 Å². The minimum atomic E-state index is -0.226. The second-order valence-electron chi connectivity index (χ2n) is 8.25. The van der Waals surface area contributed by atoms with Gasteiger partial charge in [-0.2, -0.15) is 0 Å². The van der Waals surface area contributed by atoms with E-state index in [0.717, 1.165) is 33.3 Å². The molecular weight excluding hydrogens is 422 g/mol. The molecule has 32 heavy (non-hydrogen) atoms. The van der Waals surface area contributed by atoms with Gasteiger partial charge in [-0.3, -0.25) is 4.79 Å². The van der Waals surface area contributed by atoms with Crippen LogP contribution in [0.5, 0.6) is 0 Å². The Morgan fingerprint density at radius 2 is 1.97 bits per heavy atom. The predicted molar refractivity (Wildman–Crippen MR) is 128 cm³/mol. The van der Waals surface area contributed by atoms with Gasteiger partial charge in [0.1, 0.15) is 11.2 Å². The molecule has 3 heterocycles. The van der Waals surface area contributed by atoms with Gasteiger partial charge in [-0.05, 0) is 57.3 Å². The number of rotatable bonds is 7. The Morgan fingerprint density at radius 3 is 2.75 bits per heavy atom. The number of nitrogens with one attached hydrogen (secondary N) is 2. The quantitative estimate of drug-likeness (QED) is 0.443. The fraction of sp³-hybridized carbons (Fsp3) is 0.304. The van der Waals surface area contributed by atoms with Crippen molar-refractivity contribution in [2.24, 2.45) is 7.05 Å². The lowest BCUT2D eigenvalue weighted by atomic mass is 10.1. The van der Waals surface area contributed by atoms with Gasteiger partial charge in [0.15, 0.2) is 5.13 Å². The summed E-state index contributed by atoms with van der Waals surface area (Å²) in [6.07, 6.45) is 5.13. The first-order chi connectivity index (χ1) is 15.3. The van der Waals surface area contributed by atoms with Crippen molar-refractivity contribution in [2.75, 3.05) is 19.4 Å². The van der Waals surface area contributed by atoms with Crippen LogP contribution in [-0.2, 0) is 13.6 Å². The van der Waals surface area contributed by atoms with Gasteiger partial charge in [-0.25, -0.2) is 15.0 Å². The predicted octanol–water partition coefficient (Wildman–Crippen LogP) is 4.03. The van der Waals surface area contributed by atoms with Crippen molar-refractivity contribution in [1.82, 2.24) is 29.7 Å². The summed E-state index contributed by atoms with van der Waals surface area (Å²) in [5, 5.41) is 7.20. The van der Waals surface area contributed by atoms with Crippen molar-refractivity contribution in [3.05, 3.63) is 64.7 Å². The molecule has 1 amide bonds. The number of hydrogen-bond donors (Lipinski definition) is 2. The summed E-state index contributed by atoms with van der Waals surface area (Å²) in [5.74, 6) is -0.226. The zero-order chi connectivity index (χ0) is 22.8. The van der Waals surface area contributed by atoms with Crippen LogP contribution in [0.25, 0.3) is 11.0 Å². The van der Waals surface area contributed by atoms with E-state index in [1.165, 1.54) is 22.5 Å². The Balaban J connectivity index is 1.44. The van der Waals surface area contributed by atoms with Crippen LogP contribution in [0.4, 0.5) is 10.8 Å². The van der Waals surface area contributed by atoms with E-state index in [2.05, 4.69) is 69.7 Å². The highest BCUT2D eigenvalue weighted by molar-refractivity contribution is 7.15. The van der Waals surface area contributed by atoms with Crippen LogP contribution in [0, 0.1) is 6.92 Å². The van der Waals surface area contributed by atoms with Crippen LogP contribution in [0.3, 0.4) is 0 Å². The van der Waals surface area contributed by atoms with Crippen molar-refractivity contribution >= 4 is 39.1 Å². The number of carbonyl (C=O) groups is 1. The van der Waals surface area contributed by atoms with E-state index in [9.17, 15) is 4.79 Å². The van der Waals surface area contributed by atoms with Gasteiger partial charge < -0.3 is 20.1 Å². The van der Waals surface area contributed by atoms with Gasteiger partial charge in [-0.15, -0.1) is 0 Å². The average molecular weight is 450 g/mol. The number of pyridine rings is 1. The van der Waals surface area contributed by atoms with E-state index in [-0.39, 0.29) is 11.9 Å². The topological polar surface area (TPSA) is 88.0 Å². The highest BCUT2D eigenvalue weighted by Gasteiger charge is 2.16. The van der Waals surface area contributed by atoms with Crippen molar-refractivity contribution < 1.29 is 4.79 Å². The van der Waals surface area contributed by atoms with Crippen LogP contribution >= 0.6 is 11.3 Å². The average Bonchev–Trinajstić information content (AvgIpc) is 3.33. The Labute approximate surface area is 191 Å². The van der Waals surface area contributed by atoms with Crippen molar-refractivity contribution in [3.8, 4) is 0 Å². The normalized spacial score (nSPS) is 12.3. The smallest absolute Gasteiger partial charge is 0.270 e. The third-order valence-corrected chi connectivity index (χ3v) is 6.13. The maximum absolute atomic E-state index is 12.7. The molecule has 0 saturated carbocycles. The Bertz CT molecular complexity index is 1260. The molecule has 0 spiro atoms. The Morgan fingerprint density at radius 1 is 1.16 bits per heavy atom. The zero-order valence-corrected chi connectivity index (χ0v) is 19.7. The molecule has 8 nitrogen and oxygen atoms in total. The minimum Gasteiger partial charge on any atom is -0.343 e. The van der Waals surface area contributed by atoms with Crippen LogP contribution < -0.4 is 10.6 Å². The van der Waals surface area contributed by atoms with Crippen LogP contribution in [0.1, 0.15) is 39.5 Å². The van der Waals surface area contributed by atoms with E-state index < -0.39 is 0 Å². The number of imidazole rings is 1. The minimum absolute atomic E-state index is 0.193. The summed E-state index contributed by atoms with van der Waals surface area (Å²) in [6.45, 7) is 4.91. The fourth-order valence-electron chi connectivity index (χ4n) is 3.56. The summed E-state index contributed by atoms with van der Waals surface area (Å²) >= 11 is 1.52. The summed E-state index contributed by atoms with van der Waals surface area (Å²) in [6, 6.07) is 7.99. The lowest BCUT2D eigenvalue weighted by Gasteiger charge is -2.13. The molecule has 1 atom stereocenters. The molecule has 4 rings (SSSR count). The molecule has 166 valence electrons. The van der Waals surface area contributed by atoms with E-state index in [1.807, 2.05) is 18.5 Å². The molecule has 2 N–H and O–H groups in total. The lowest BCUT2D eigenvalue weighted by molar-refractivity contribution is 0.0935. The first-order valence-electron chi connectivity index (χ1n) is 10.3. The molecule has 0 fully saturated rings. The van der Waals surface area contributed by atoms with E-state index >= 15 is 0 Å². The molecule has 4 aromatic rings. The van der Waals surface area contributed by atoms with Crippen molar-refractivity contribution in [1.29, 1.82) is 0 Å². The molecule has 0 saturated heterocycles. The molecule has 9 heteroatoms. The number of benzene rings is 1. The molecule has 0 radical (unpaired) electrons. The summed E-state index contributed by atoms with van der Waals surface area (Å²) in [7, 11) is 6.01. The molecule has 1 aromatic carbocycles. The number of anilines is 2. The van der Waals surface area contributed by atoms with Gasteiger partial charge in [0, 0.05) is 30.4 Å². The number of aryl methyl sites for hydroxylation is 2. The van der Waals surface area contributed by atoms with Crippen LogP contribution in [-0.4, -0.2) is 44.4 Å². The van der Waals surface area contributed by atoms with Gasteiger partial charge in [-0.1, -0.05) is 17.4 Å². The maximum Gasteiger partial charge on any atom is 0.270 e. The maximum atomic E-state index is 12.7. The van der Waals surface area contributed by atoms with Gasteiger partial charge >= 0.3 is 0 Å². The molecule has 1 unspecified atom stereocenters. The monoisotopic (exact) mass is 449 g/mol. The first kappa shape index (κ1) is 21.9. The molecular formula is C23H27N7OS. The van der Waals surface area contributed by atoms with Gasteiger partial charge in [0.2, 0.25) is 0 Å². The Kier molecular flexibility index (Phi) is 6.20. The van der Waals surface area contributed by atoms with E-state index in [0.29, 0.717) is 5.69 Å². The molecule has 0 aliphatic carbocycles. The molecule has 0 aliphatic heterocycles. The number of thiazole rings is 1. The number of carbonyl (C=O) groups excluding carboxylic acids is 1.